The molecule has 2 aromatic carbocycles. The minimum Gasteiger partial charge on any atom is -0.388 e. The van der Waals surface area contributed by atoms with Gasteiger partial charge >= 0.3 is 6.03 Å². The molecular formula is C22H22Cl2FN5O2. The van der Waals surface area contributed by atoms with E-state index in [1.807, 2.05) is 0 Å². The van der Waals surface area contributed by atoms with Crippen LogP contribution < -0.4 is 15.5 Å². The van der Waals surface area contributed by atoms with Crippen molar-refractivity contribution in [3.05, 3.63) is 70.6 Å². The number of nitrogens with zero attached hydrogens (tertiary/aromatic N) is 3. The van der Waals surface area contributed by atoms with Crippen molar-refractivity contribution in [1.82, 2.24) is 9.97 Å². The minimum atomic E-state index is -1.03. The molecule has 0 spiro atoms. The summed E-state index contributed by atoms with van der Waals surface area (Å²) < 4.78 is 13.5. The number of aromatic nitrogens is 2. The molecule has 0 aliphatic rings. The van der Waals surface area contributed by atoms with Crippen LogP contribution in [-0.2, 0) is 0 Å². The van der Waals surface area contributed by atoms with Crippen molar-refractivity contribution in [3.8, 4) is 0 Å². The summed E-state index contributed by atoms with van der Waals surface area (Å²) in [5.74, 6) is -0.0138. The summed E-state index contributed by atoms with van der Waals surface area (Å²) in [6, 6.07) is 10.6. The summed E-state index contributed by atoms with van der Waals surface area (Å²) in [4.78, 5) is 23.1. The molecule has 0 saturated heterocycles. The minimum absolute atomic E-state index is 0.210. The average molecular weight is 478 g/mol. The van der Waals surface area contributed by atoms with E-state index < -0.39 is 17.4 Å². The molecule has 0 aliphatic carbocycles. The van der Waals surface area contributed by atoms with Crippen LogP contribution in [0.25, 0.3) is 0 Å². The van der Waals surface area contributed by atoms with Crippen molar-refractivity contribution in [2.75, 3.05) is 15.5 Å². The van der Waals surface area contributed by atoms with E-state index in [-0.39, 0.29) is 22.8 Å². The monoisotopic (exact) mass is 477 g/mol. The molecule has 3 aromatic rings. The lowest BCUT2D eigenvalue weighted by molar-refractivity contribution is 0.0646. The van der Waals surface area contributed by atoms with E-state index in [0.29, 0.717) is 16.4 Å². The predicted molar refractivity (Wildman–Crippen MR) is 125 cm³/mol. The molecule has 1 aromatic heterocycles. The van der Waals surface area contributed by atoms with E-state index in [0.717, 1.165) is 0 Å². The molecule has 2 amide bonds. The van der Waals surface area contributed by atoms with Gasteiger partial charge in [0.2, 0.25) is 5.95 Å². The van der Waals surface area contributed by atoms with Crippen LogP contribution in [0.4, 0.5) is 32.3 Å². The summed E-state index contributed by atoms with van der Waals surface area (Å²) in [6.45, 7) is 5.09. The molecule has 0 bridgehead atoms. The fraction of sp³-hybridized carbons (Fsp3) is 0.227. The highest BCUT2D eigenvalue weighted by molar-refractivity contribution is 6.36. The molecule has 10 heteroatoms. The third kappa shape index (κ3) is 5.85. The normalized spacial score (nSPS) is 12.2. The van der Waals surface area contributed by atoms with Crippen LogP contribution in [0.15, 0.2) is 54.7 Å². The van der Waals surface area contributed by atoms with Crippen molar-refractivity contribution < 1.29 is 14.3 Å². The zero-order valence-corrected chi connectivity index (χ0v) is 19.1. The largest absolute Gasteiger partial charge is 0.388 e. The molecule has 0 aliphatic heterocycles. The van der Waals surface area contributed by atoms with Gasteiger partial charge in [0, 0.05) is 17.3 Å². The van der Waals surface area contributed by atoms with Crippen LogP contribution >= 0.6 is 23.2 Å². The van der Waals surface area contributed by atoms with Crippen molar-refractivity contribution in [2.24, 2.45) is 0 Å². The predicted octanol–water partition coefficient (Wildman–Crippen LogP) is 5.86. The average Bonchev–Trinajstić information content (AvgIpc) is 2.71. The van der Waals surface area contributed by atoms with Gasteiger partial charge in [-0.05, 0) is 63.2 Å². The summed E-state index contributed by atoms with van der Waals surface area (Å²) in [7, 11) is 0. The van der Waals surface area contributed by atoms with Gasteiger partial charge in [-0.3, -0.25) is 0 Å². The number of amides is 2. The van der Waals surface area contributed by atoms with Crippen LogP contribution in [0.5, 0.6) is 0 Å². The molecule has 0 fully saturated rings. The van der Waals surface area contributed by atoms with Gasteiger partial charge in [-0.25, -0.2) is 19.1 Å². The van der Waals surface area contributed by atoms with Gasteiger partial charge < -0.3 is 15.7 Å². The van der Waals surface area contributed by atoms with E-state index >= 15 is 0 Å². The van der Waals surface area contributed by atoms with Gasteiger partial charge in [-0.1, -0.05) is 23.2 Å². The van der Waals surface area contributed by atoms with Crippen LogP contribution in [0.2, 0.25) is 10.0 Å². The van der Waals surface area contributed by atoms with Crippen molar-refractivity contribution in [1.29, 1.82) is 0 Å². The standard InChI is InChI=1S/C22H22Cl2FN5O2/c1-13(22(2,3)32)27-20-26-11-10-19(29-20)30(16-7-5-15(25)6-8-16)21(31)28-18-9-4-14(23)12-17(18)24/h4-13,32H,1-3H3,(H,28,31)(H,26,27,29). The van der Waals surface area contributed by atoms with E-state index in [1.165, 1.54) is 47.5 Å². The highest BCUT2D eigenvalue weighted by Gasteiger charge is 2.25. The number of urea groups is 1. The Bertz CT molecular complexity index is 1110. The maximum atomic E-state index is 13.5. The molecule has 3 N–H and O–H groups in total. The molecular weight excluding hydrogens is 456 g/mol. The number of nitrogens with one attached hydrogen (secondary N) is 2. The molecule has 168 valence electrons. The lowest BCUT2D eigenvalue weighted by Crippen LogP contribution is -2.40. The second-order valence-corrected chi connectivity index (χ2v) is 8.47. The summed E-state index contributed by atoms with van der Waals surface area (Å²) in [5.41, 5.74) is -0.316. The topological polar surface area (TPSA) is 90.4 Å². The van der Waals surface area contributed by atoms with Gasteiger partial charge in [-0.2, -0.15) is 4.98 Å². The van der Waals surface area contributed by atoms with Crippen LogP contribution in [0.3, 0.4) is 0 Å². The van der Waals surface area contributed by atoms with Gasteiger partial charge in [0.1, 0.15) is 11.6 Å². The molecule has 0 saturated carbocycles. The van der Waals surface area contributed by atoms with Gasteiger partial charge in [0.05, 0.1) is 28.0 Å². The first-order valence-electron chi connectivity index (χ1n) is 9.68. The number of benzene rings is 2. The Morgan fingerprint density at radius 2 is 1.84 bits per heavy atom. The second kappa shape index (κ2) is 9.68. The number of anilines is 4. The van der Waals surface area contributed by atoms with Gasteiger partial charge in [0.15, 0.2) is 0 Å². The van der Waals surface area contributed by atoms with Crippen molar-refractivity contribution >= 4 is 52.4 Å². The Hall–Kier alpha value is -2.94. The van der Waals surface area contributed by atoms with Crippen LogP contribution in [0, 0.1) is 5.82 Å². The van der Waals surface area contributed by atoms with E-state index in [2.05, 4.69) is 20.6 Å². The number of hydrogen-bond acceptors (Lipinski definition) is 5. The zero-order chi connectivity index (χ0) is 23.5. The quantitative estimate of drug-likeness (QED) is 0.413. The molecule has 3 rings (SSSR count). The fourth-order valence-corrected chi connectivity index (χ4v) is 3.07. The Labute approximate surface area is 195 Å². The third-order valence-corrected chi connectivity index (χ3v) is 5.28. The Morgan fingerprint density at radius 3 is 2.47 bits per heavy atom. The number of rotatable bonds is 6. The maximum Gasteiger partial charge on any atom is 0.332 e. The summed E-state index contributed by atoms with van der Waals surface area (Å²) >= 11 is 12.1. The maximum absolute atomic E-state index is 13.5. The highest BCUT2D eigenvalue weighted by atomic mass is 35.5. The Balaban J connectivity index is 1.97. The first kappa shape index (κ1) is 23.7. The first-order valence-corrected chi connectivity index (χ1v) is 10.4. The van der Waals surface area contributed by atoms with Crippen LogP contribution in [0.1, 0.15) is 20.8 Å². The molecule has 1 heterocycles. The smallest absolute Gasteiger partial charge is 0.332 e. The fourth-order valence-electron chi connectivity index (χ4n) is 2.62. The van der Waals surface area contributed by atoms with Gasteiger partial charge in [0.25, 0.3) is 0 Å². The van der Waals surface area contributed by atoms with E-state index in [1.54, 1.807) is 32.9 Å². The summed E-state index contributed by atoms with van der Waals surface area (Å²) in [5, 5.41) is 16.6. The molecule has 7 nitrogen and oxygen atoms in total. The van der Waals surface area contributed by atoms with Crippen molar-refractivity contribution in [3.63, 3.8) is 0 Å². The Morgan fingerprint density at radius 1 is 1.16 bits per heavy atom. The van der Waals surface area contributed by atoms with Gasteiger partial charge in [-0.15, -0.1) is 0 Å². The third-order valence-electron chi connectivity index (χ3n) is 4.74. The molecule has 1 atom stereocenters. The van der Waals surface area contributed by atoms with Crippen molar-refractivity contribution in [2.45, 2.75) is 32.4 Å². The number of hydrogen-bond donors (Lipinski definition) is 3. The summed E-state index contributed by atoms with van der Waals surface area (Å²) in [6.07, 6.45) is 1.47. The van der Waals surface area contributed by atoms with E-state index in [9.17, 15) is 14.3 Å². The number of carbonyl (C=O) groups excluding carboxylic acids is 1. The molecule has 0 radical (unpaired) electrons. The molecule has 32 heavy (non-hydrogen) atoms. The molecule has 1 unspecified atom stereocenters. The second-order valence-electron chi connectivity index (χ2n) is 7.62. The number of aliphatic hydroxyl groups is 1. The van der Waals surface area contributed by atoms with Crippen LogP contribution in [-0.4, -0.2) is 32.7 Å². The Kier molecular flexibility index (Phi) is 7.18. The SMILES string of the molecule is CC(Nc1nccc(N(C(=O)Nc2ccc(Cl)cc2Cl)c2ccc(F)cc2)n1)C(C)(C)O. The van der Waals surface area contributed by atoms with E-state index in [4.69, 9.17) is 23.2 Å². The number of halogens is 3. The first-order chi connectivity index (χ1) is 15.0. The lowest BCUT2D eigenvalue weighted by Gasteiger charge is -2.27. The highest BCUT2D eigenvalue weighted by Crippen LogP contribution is 2.29. The lowest BCUT2D eigenvalue weighted by atomic mass is 10.0. The number of carbonyl (C=O) groups is 1. The zero-order valence-electron chi connectivity index (χ0n) is 17.6.